The molecule has 2 aromatic carbocycles. The van der Waals surface area contributed by atoms with Gasteiger partial charge >= 0.3 is 5.69 Å². The van der Waals surface area contributed by atoms with Crippen molar-refractivity contribution in [3.8, 4) is 16.9 Å². The number of nitrogens with zero attached hydrogens (tertiary/aromatic N) is 2. The summed E-state index contributed by atoms with van der Waals surface area (Å²) in [5.74, 6) is -0.211. The maximum absolute atomic E-state index is 15.1. The minimum Gasteiger partial charge on any atom is -0.378 e. The van der Waals surface area contributed by atoms with Gasteiger partial charge in [-0.2, -0.15) is 4.98 Å². The van der Waals surface area contributed by atoms with Crippen LogP contribution in [0.2, 0.25) is 5.02 Å². The lowest BCUT2D eigenvalue weighted by Gasteiger charge is -2.30. The maximum Gasteiger partial charge on any atom is 0.354 e. The third-order valence-electron chi connectivity index (χ3n) is 7.80. The second-order valence-electron chi connectivity index (χ2n) is 11.1. The number of aryl methyl sites for hydroxylation is 1. The van der Waals surface area contributed by atoms with Gasteiger partial charge in [-0.3, -0.25) is 9.98 Å². The zero-order chi connectivity index (χ0) is 29.8. The first-order chi connectivity index (χ1) is 20.2. The largest absolute Gasteiger partial charge is 0.378 e. The number of hydrogen-bond donors (Lipinski definition) is 5. The number of guanidine groups is 1. The van der Waals surface area contributed by atoms with Crippen LogP contribution in [0, 0.1) is 11.2 Å². The Morgan fingerprint density at radius 2 is 2.10 bits per heavy atom. The van der Waals surface area contributed by atoms with Gasteiger partial charge in [-0.15, -0.1) is 0 Å². The first-order valence-corrected chi connectivity index (χ1v) is 14.7. The molecule has 9 nitrogen and oxygen atoms in total. The highest BCUT2D eigenvalue weighted by Gasteiger charge is 2.24. The fraction of sp³-hybridized carbons (Fsp3) is 0.387. The van der Waals surface area contributed by atoms with Gasteiger partial charge in [0.25, 0.3) is 0 Å². The molecule has 1 aliphatic rings. The van der Waals surface area contributed by atoms with Gasteiger partial charge in [0.15, 0.2) is 11.8 Å². The van der Waals surface area contributed by atoms with Crippen LogP contribution in [0.1, 0.15) is 56.1 Å². The van der Waals surface area contributed by atoms with Crippen molar-refractivity contribution in [2.75, 3.05) is 13.2 Å². The Labute approximate surface area is 248 Å². The van der Waals surface area contributed by atoms with E-state index in [0.717, 1.165) is 44.1 Å². The number of H-pyrrole nitrogens is 1. The zero-order valence-corrected chi connectivity index (χ0v) is 24.4. The van der Waals surface area contributed by atoms with Crippen molar-refractivity contribution in [3.05, 3.63) is 81.1 Å². The van der Waals surface area contributed by atoms with E-state index in [9.17, 15) is 4.79 Å². The summed E-state index contributed by atoms with van der Waals surface area (Å²) in [5, 5.41) is 10.9. The molecule has 222 valence electrons. The Hall–Kier alpha value is -3.73. The first-order valence-electron chi connectivity index (χ1n) is 14.3. The molecule has 4 aromatic rings. The van der Waals surface area contributed by atoms with E-state index in [2.05, 4.69) is 15.3 Å². The SMILES string of the molecule is C[C@H](N)CCCc1cc(Cl)c(F)c(-c2cc3cn(-c4ccc([C@H]5CCO[C@H](CCNC(=N)N)C5)cc4)c(=O)nc3[nH]2)c1. The number of aromatic nitrogens is 3. The smallest absolute Gasteiger partial charge is 0.354 e. The highest BCUT2D eigenvalue weighted by atomic mass is 35.5. The minimum atomic E-state index is -0.518. The van der Waals surface area contributed by atoms with Crippen LogP contribution in [-0.4, -0.2) is 45.8 Å². The Bertz CT molecular complexity index is 1620. The number of benzene rings is 2. The third-order valence-corrected chi connectivity index (χ3v) is 8.08. The number of nitrogens with one attached hydrogen (secondary N) is 3. The molecule has 0 aliphatic carbocycles. The van der Waals surface area contributed by atoms with Crippen LogP contribution in [0.5, 0.6) is 0 Å². The molecule has 2 aromatic heterocycles. The Kier molecular flexibility index (Phi) is 9.25. The molecule has 11 heteroatoms. The summed E-state index contributed by atoms with van der Waals surface area (Å²) in [6, 6.07) is 13.3. The molecule has 0 spiro atoms. The van der Waals surface area contributed by atoms with Crippen LogP contribution in [0.3, 0.4) is 0 Å². The number of hydrogen-bond acceptors (Lipinski definition) is 5. The lowest BCUT2D eigenvalue weighted by Crippen LogP contribution is -2.34. The molecule has 0 radical (unpaired) electrons. The number of rotatable bonds is 10. The lowest BCUT2D eigenvalue weighted by molar-refractivity contribution is 0.00287. The topological polar surface area (TPSA) is 148 Å². The van der Waals surface area contributed by atoms with Gasteiger partial charge in [0, 0.05) is 36.3 Å². The van der Waals surface area contributed by atoms with Crippen molar-refractivity contribution in [3.63, 3.8) is 0 Å². The van der Waals surface area contributed by atoms with Crippen LogP contribution < -0.4 is 22.5 Å². The molecule has 0 saturated carbocycles. The van der Waals surface area contributed by atoms with Crippen molar-refractivity contribution in [2.24, 2.45) is 11.5 Å². The maximum atomic E-state index is 15.1. The average molecular weight is 594 g/mol. The molecular weight excluding hydrogens is 557 g/mol. The highest BCUT2D eigenvalue weighted by Crippen LogP contribution is 2.33. The molecule has 3 heterocycles. The molecule has 0 amide bonds. The van der Waals surface area contributed by atoms with Crippen molar-refractivity contribution >= 4 is 28.6 Å². The standard InChI is InChI=1S/C31H37ClFN7O2/c1-18(34)3-2-4-19-13-25(28(33)26(32)14-19)27-16-22-17-40(31(41)39-29(22)38-27)23-7-5-20(6-8-23)21-10-12-42-24(15-21)9-11-37-30(35)36/h5-8,13-14,16-18,21,24H,2-4,9-12,15,34H2,1H3,(H4,35,36,37)(H,38,39,41)/t18-,21-,24+/m0/s1. The fourth-order valence-corrected chi connectivity index (χ4v) is 5.84. The van der Waals surface area contributed by atoms with E-state index < -0.39 is 11.5 Å². The lowest BCUT2D eigenvalue weighted by atomic mass is 9.87. The Morgan fingerprint density at radius 3 is 2.83 bits per heavy atom. The molecule has 1 saturated heterocycles. The number of fused-ring (bicyclic) bond motifs is 1. The predicted molar refractivity (Wildman–Crippen MR) is 165 cm³/mol. The number of aromatic amines is 1. The summed E-state index contributed by atoms with van der Waals surface area (Å²) in [7, 11) is 0. The Balaban J connectivity index is 1.35. The number of halogens is 2. The molecule has 42 heavy (non-hydrogen) atoms. The van der Waals surface area contributed by atoms with E-state index in [1.165, 1.54) is 10.1 Å². The van der Waals surface area contributed by atoms with Crippen molar-refractivity contribution in [2.45, 2.75) is 63.5 Å². The average Bonchev–Trinajstić information content (AvgIpc) is 3.37. The first kappa shape index (κ1) is 29.8. The second-order valence-corrected chi connectivity index (χ2v) is 11.5. The van der Waals surface area contributed by atoms with Crippen LogP contribution >= 0.6 is 11.6 Å². The van der Waals surface area contributed by atoms with Crippen LogP contribution in [-0.2, 0) is 11.2 Å². The molecule has 0 unspecified atom stereocenters. The van der Waals surface area contributed by atoms with Gasteiger partial charge < -0.3 is 26.5 Å². The van der Waals surface area contributed by atoms with Gasteiger partial charge in [-0.1, -0.05) is 23.7 Å². The summed E-state index contributed by atoms with van der Waals surface area (Å²) >= 11 is 6.24. The summed E-state index contributed by atoms with van der Waals surface area (Å²) in [5.41, 5.74) is 14.8. The molecule has 5 rings (SSSR count). The van der Waals surface area contributed by atoms with Crippen LogP contribution in [0.4, 0.5) is 4.39 Å². The van der Waals surface area contributed by atoms with Gasteiger partial charge in [-0.25, -0.2) is 9.18 Å². The van der Waals surface area contributed by atoms with E-state index >= 15 is 4.39 Å². The van der Waals surface area contributed by atoms with E-state index in [1.807, 2.05) is 31.2 Å². The molecule has 1 aliphatic heterocycles. The summed E-state index contributed by atoms with van der Waals surface area (Å²) in [4.78, 5) is 20.3. The molecule has 3 atom stereocenters. The van der Waals surface area contributed by atoms with Gasteiger partial charge in [-0.05, 0) is 92.8 Å². The normalized spacial score (nSPS) is 17.8. The van der Waals surface area contributed by atoms with E-state index in [-0.39, 0.29) is 23.1 Å². The molecular formula is C31H37ClFN7O2. The molecule has 1 fully saturated rings. The van der Waals surface area contributed by atoms with E-state index in [0.29, 0.717) is 47.0 Å². The highest BCUT2D eigenvalue weighted by molar-refractivity contribution is 6.31. The van der Waals surface area contributed by atoms with Gasteiger partial charge in [0.05, 0.1) is 22.5 Å². The van der Waals surface area contributed by atoms with Crippen molar-refractivity contribution < 1.29 is 9.13 Å². The van der Waals surface area contributed by atoms with E-state index in [4.69, 9.17) is 33.2 Å². The Morgan fingerprint density at radius 1 is 1.31 bits per heavy atom. The number of nitrogens with two attached hydrogens (primary N) is 2. The summed E-state index contributed by atoms with van der Waals surface area (Å²) in [6.45, 7) is 3.24. The van der Waals surface area contributed by atoms with Crippen molar-refractivity contribution in [1.82, 2.24) is 19.9 Å². The number of ether oxygens (including phenoxy) is 1. The summed E-state index contributed by atoms with van der Waals surface area (Å²) < 4.78 is 22.5. The van der Waals surface area contributed by atoms with Gasteiger partial charge in [0.1, 0.15) is 5.65 Å². The molecule has 7 N–H and O–H groups in total. The van der Waals surface area contributed by atoms with E-state index in [1.54, 1.807) is 24.4 Å². The van der Waals surface area contributed by atoms with Gasteiger partial charge in [0.2, 0.25) is 0 Å². The minimum absolute atomic E-state index is 0.0359. The third kappa shape index (κ3) is 7.00. The monoisotopic (exact) mass is 593 g/mol. The fourth-order valence-electron chi connectivity index (χ4n) is 5.60. The predicted octanol–water partition coefficient (Wildman–Crippen LogP) is 4.98. The van der Waals surface area contributed by atoms with Crippen LogP contribution in [0.25, 0.3) is 28.0 Å². The second kappa shape index (κ2) is 13.1. The van der Waals surface area contributed by atoms with Crippen LogP contribution in [0.15, 0.2) is 53.5 Å². The zero-order valence-electron chi connectivity index (χ0n) is 23.6. The quantitative estimate of drug-likeness (QED) is 0.129. The summed E-state index contributed by atoms with van der Waals surface area (Å²) in [6.07, 6.45) is 6.88. The molecule has 0 bridgehead atoms. The van der Waals surface area contributed by atoms with Crippen molar-refractivity contribution in [1.29, 1.82) is 5.41 Å².